The van der Waals surface area contributed by atoms with Crippen LogP contribution in [0.2, 0.25) is 0 Å². The fourth-order valence-corrected chi connectivity index (χ4v) is 2.93. The summed E-state index contributed by atoms with van der Waals surface area (Å²) in [5.74, 6) is -0.0767. The number of carbonyl (C=O) groups is 1. The summed E-state index contributed by atoms with van der Waals surface area (Å²) in [7, 11) is 0. The second-order valence-corrected chi connectivity index (χ2v) is 5.43. The van der Waals surface area contributed by atoms with Crippen LogP contribution in [0.15, 0.2) is 35.7 Å². The molecule has 2 aromatic rings. The third-order valence-electron chi connectivity index (χ3n) is 3.15. The van der Waals surface area contributed by atoms with Gasteiger partial charge in [0.25, 0.3) is 5.91 Å². The molecule has 1 aliphatic rings. The Bertz CT molecular complexity index is 561. The number of rotatable bonds is 3. The van der Waals surface area contributed by atoms with Crippen LogP contribution in [-0.2, 0) is 0 Å². The normalized spacial score (nSPS) is 18.4. The van der Waals surface area contributed by atoms with Crippen molar-refractivity contribution in [2.45, 2.75) is 12.5 Å². The lowest BCUT2D eigenvalue weighted by atomic mass is 10.2. The monoisotopic (exact) mass is 273 g/mol. The minimum atomic E-state index is -0.0767. The molecule has 1 aliphatic heterocycles. The lowest BCUT2D eigenvalue weighted by Gasteiger charge is -2.09. The molecule has 2 N–H and O–H groups in total. The van der Waals surface area contributed by atoms with E-state index >= 15 is 0 Å². The van der Waals surface area contributed by atoms with Gasteiger partial charge in [-0.3, -0.25) is 4.79 Å². The van der Waals surface area contributed by atoms with E-state index < -0.39 is 0 Å². The largest absolute Gasteiger partial charge is 0.347 e. The van der Waals surface area contributed by atoms with Crippen LogP contribution < -0.4 is 10.6 Å². The summed E-state index contributed by atoms with van der Waals surface area (Å²) in [6.07, 6.45) is 0.988. The van der Waals surface area contributed by atoms with Gasteiger partial charge in [0.05, 0.1) is 0 Å². The standard InChI is InChI=1S/C14H15N3OS/c18-13(16-11-6-7-15-8-11)12-9-19-14(17-12)10-4-2-1-3-5-10/h1-5,9,11,15H,6-8H2,(H,16,18). The van der Waals surface area contributed by atoms with Gasteiger partial charge < -0.3 is 10.6 Å². The van der Waals surface area contributed by atoms with E-state index in [2.05, 4.69) is 15.6 Å². The number of benzene rings is 1. The van der Waals surface area contributed by atoms with Crippen molar-refractivity contribution in [1.82, 2.24) is 15.6 Å². The summed E-state index contributed by atoms with van der Waals surface area (Å²) in [5, 5.41) is 8.93. The zero-order valence-electron chi connectivity index (χ0n) is 10.4. The molecule has 0 spiro atoms. The van der Waals surface area contributed by atoms with Gasteiger partial charge in [0.2, 0.25) is 0 Å². The first kappa shape index (κ1) is 12.3. The van der Waals surface area contributed by atoms with Crippen LogP contribution in [-0.4, -0.2) is 30.0 Å². The molecule has 1 saturated heterocycles. The zero-order valence-corrected chi connectivity index (χ0v) is 11.2. The minimum absolute atomic E-state index is 0.0767. The van der Waals surface area contributed by atoms with Crippen LogP contribution in [0, 0.1) is 0 Å². The highest BCUT2D eigenvalue weighted by atomic mass is 32.1. The summed E-state index contributed by atoms with van der Waals surface area (Å²) in [6.45, 7) is 1.82. The Morgan fingerprint density at radius 2 is 2.21 bits per heavy atom. The number of hydrogen-bond donors (Lipinski definition) is 2. The Balaban J connectivity index is 1.72. The molecule has 1 unspecified atom stereocenters. The molecule has 0 radical (unpaired) electrons. The molecule has 1 aromatic carbocycles. The molecule has 1 fully saturated rings. The first-order valence-electron chi connectivity index (χ1n) is 6.35. The molecule has 1 atom stereocenters. The van der Waals surface area contributed by atoms with Crippen molar-refractivity contribution in [3.63, 3.8) is 0 Å². The number of nitrogens with one attached hydrogen (secondary N) is 2. The second-order valence-electron chi connectivity index (χ2n) is 4.57. The topological polar surface area (TPSA) is 54.0 Å². The SMILES string of the molecule is O=C(NC1CCNC1)c1csc(-c2ccccc2)n1. The third-order valence-corrected chi connectivity index (χ3v) is 4.04. The van der Waals surface area contributed by atoms with Crippen molar-refractivity contribution in [2.24, 2.45) is 0 Å². The van der Waals surface area contributed by atoms with E-state index in [9.17, 15) is 4.79 Å². The highest BCUT2D eigenvalue weighted by molar-refractivity contribution is 7.13. The van der Waals surface area contributed by atoms with Gasteiger partial charge in [0.15, 0.2) is 0 Å². The molecule has 0 aliphatic carbocycles. The third kappa shape index (κ3) is 2.83. The van der Waals surface area contributed by atoms with Crippen molar-refractivity contribution >= 4 is 17.2 Å². The van der Waals surface area contributed by atoms with Gasteiger partial charge >= 0.3 is 0 Å². The zero-order chi connectivity index (χ0) is 13.1. The predicted molar refractivity (Wildman–Crippen MR) is 76.3 cm³/mol. The summed E-state index contributed by atoms with van der Waals surface area (Å²) >= 11 is 1.50. The van der Waals surface area contributed by atoms with Crippen molar-refractivity contribution < 1.29 is 4.79 Å². The number of aromatic nitrogens is 1. The molecule has 19 heavy (non-hydrogen) atoms. The van der Waals surface area contributed by atoms with Gasteiger partial charge in [-0.1, -0.05) is 30.3 Å². The summed E-state index contributed by atoms with van der Waals surface area (Å²) < 4.78 is 0. The average Bonchev–Trinajstić information content (AvgIpc) is 3.10. The van der Waals surface area contributed by atoms with Crippen LogP contribution in [0.5, 0.6) is 0 Å². The van der Waals surface area contributed by atoms with Gasteiger partial charge in [-0.05, 0) is 13.0 Å². The Morgan fingerprint density at radius 3 is 2.95 bits per heavy atom. The number of thiazole rings is 1. The highest BCUT2D eigenvalue weighted by Crippen LogP contribution is 2.23. The maximum atomic E-state index is 12.1. The first-order chi connectivity index (χ1) is 9.33. The number of carbonyl (C=O) groups excluding carboxylic acids is 1. The van der Waals surface area contributed by atoms with Gasteiger partial charge in [-0.25, -0.2) is 4.98 Å². The van der Waals surface area contributed by atoms with Gasteiger partial charge in [0.1, 0.15) is 10.7 Å². The van der Waals surface area contributed by atoms with E-state index in [0.29, 0.717) is 5.69 Å². The fraction of sp³-hybridized carbons (Fsp3) is 0.286. The van der Waals surface area contributed by atoms with Crippen molar-refractivity contribution in [1.29, 1.82) is 0 Å². The predicted octanol–water partition coefficient (Wildman–Crippen LogP) is 1.90. The van der Waals surface area contributed by atoms with E-state index in [1.807, 2.05) is 35.7 Å². The van der Waals surface area contributed by atoms with Crippen molar-refractivity contribution in [3.8, 4) is 10.6 Å². The van der Waals surface area contributed by atoms with Crippen LogP contribution in [0.1, 0.15) is 16.9 Å². The van der Waals surface area contributed by atoms with Crippen LogP contribution in [0.25, 0.3) is 10.6 Å². The Hall–Kier alpha value is -1.72. The summed E-state index contributed by atoms with van der Waals surface area (Å²) in [6, 6.07) is 10.1. The quantitative estimate of drug-likeness (QED) is 0.898. The van der Waals surface area contributed by atoms with Crippen molar-refractivity contribution in [3.05, 3.63) is 41.4 Å². The molecule has 98 valence electrons. The average molecular weight is 273 g/mol. The molecule has 1 amide bonds. The molecule has 1 aromatic heterocycles. The van der Waals surface area contributed by atoms with Gasteiger partial charge in [-0.15, -0.1) is 11.3 Å². The lowest BCUT2D eigenvalue weighted by molar-refractivity contribution is 0.0936. The smallest absolute Gasteiger partial charge is 0.271 e. The van der Waals surface area contributed by atoms with E-state index in [1.54, 1.807) is 0 Å². The highest BCUT2D eigenvalue weighted by Gasteiger charge is 2.19. The maximum absolute atomic E-state index is 12.1. The molecular formula is C14H15N3OS. The Labute approximate surface area is 115 Å². The number of amides is 1. The van der Waals surface area contributed by atoms with Gasteiger partial charge in [0, 0.05) is 23.5 Å². The molecule has 0 bridgehead atoms. The van der Waals surface area contributed by atoms with Crippen LogP contribution in [0.4, 0.5) is 0 Å². The molecule has 4 nitrogen and oxygen atoms in total. The Kier molecular flexibility index (Phi) is 3.57. The lowest BCUT2D eigenvalue weighted by Crippen LogP contribution is -2.36. The van der Waals surface area contributed by atoms with Crippen molar-refractivity contribution in [2.75, 3.05) is 13.1 Å². The van der Waals surface area contributed by atoms with E-state index in [1.165, 1.54) is 11.3 Å². The molecule has 2 heterocycles. The molecule has 3 rings (SSSR count). The fourth-order valence-electron chi connectivity index (χ4n) is 2.13. The number of hydrogen-bond acceptors (Lipinski definition) is 4. The van der Waals surface area contributed by atoms with E-state index in [4.69, 9.17) is 0 Å². The Morgan fingerprint density at radius 1 is 1.37 bits per heavy atom. The second kappa shape index (κ2) is 5.50. The molecule has 5 heteroatoms. The minimum Gasteiger partial charge on any atom is -0.347 e. The van der Waals surface area contributed by atoms with E-state index in [0.717, 1.165) is 30.1 Å². The summed E-state index contributed by atoms with van der Waals surface area (Å²) in [4.78, 5) is 16.5. The molecular weight excluding hydrogens is 258 g/mol. The first-order valence-corrected chi connectivity index (χ1v) is 7.23. The van der Waals surface area contributed by atoms with E-state index in [-0.39, 0.29) is 11.9 Å². The number of nitrogens with zero attached hydrogens (tertiary/aromatic N) is 1. The summed E-state index contributed by atoms with van der Waals surface area (Å²) in [5.41, 5.74) is 1.56. The molecule has 0 saturated carbocycles. The van der Waals surface area contributed by atoms with Crippen LogP contribution >= 0.6 is 11.3 Å². The van der Waals surface area contributed by atoms with Gasteiger partial charge in [-0.2, -0.15) is 0 Å². The van der Waals surface area contributed by atoms with Crippen LogP contribution in [0.3, 0.4) is 0 Å². The maximum Gasteiger partial charge on any atom is 0.271 e.